The first-order chi connectivity index (χ1) is 11.7. The number of benzene rings is 1. The van der Waals surface area contributed by atoms with Crippen molar-refractivity contribution in [3.63, 3.8) is 0 Å². The minimum Gasteiger partial charge on any atom is -0.476 e. The van der Waals surface area contributed by atoms with Crippen molar-refractivity contribution in [1.29, 1.82) is 0 Å². The molecule has 5 nitrogen and oxygen atoms in total. The topological polar surface area (TPSA) is 79.3 Å². The molecule has 0 saturated heterocycles. The van der Waals surface area contributed by atoms with Gasteiger partial charge in [0.2, 0.25) is 6.17 Å². The Kier molecular flexibility index (Phi) is 5.73. The van der Waals surface area contributed by atoms with Crippen LogP contribution >= 0.6 is 11.3 Å². The smallest absolute Gasteiger partial charge is 0.416 e. The molecule has 134 valence electrons. The summed E-state index contributed by atoms with van der Waals surface area (Å²) in [6.07, 6.45) is -6.42. The van der Waals surface area contributed by atoms with Gasteiger partial charge in [-0.2, -0.15) is 13.2 Å². The van der Waals surface area contributed by atoms with Gasteiger partial charge < -0.3 is 10.4 Å². The van der Waals surface area contributed by atoms with E-state index in [1.807, 2.05) is 0 Å². The van der Waals surface area contributed by atoms with E-state index in [9.17, 15) is 27.2 Å². The number of hydrogen-bond donors (Lipinski definition) is 2. The SMILES string of the molecule is O=C(O)c1csc(CCNC(=O)C(F)c2ccc(C(F)(F)F)cc2)n1. The number of halogens is 4. The summed E-state index contributed by atoms with van der Waals surface area (Å²) in [4.78, 5) is 26.2. The van der Waals surface area contributed by atoms with Crippen LogP contribution in [-0.2, 0) is 17.4 Å². The van der Waals surface area contributed by atoms with Crippen LogP contribution < -0.4 is 5.32 Å². The van der Waals surface area contributed by atoms with E-state index >= 15 is 0 Å². The highest BCUT2D eigenvalue weighted by Crippen LogP contribution is 2.30. The number of aromatic carboxylic acids is 1. The molecule has 0 spiro atoms. The van der Waals surface area contributed by atoms with Crippen LogP contribution in [0, 0.1) is 0 Å². The first kappa shape index (κ1) is 18.8. The summed E-state index contributed by atoms with van der Waals surface area (Å²) in [6.45, 7) is 0.0203. The van der Waals surface area contributed by atoms with Gasteiger partial charge in [-0.15, -0.1) is 11.3 Å². The van der Waals surface area contributed by atoms with Crippen LogP contribution in [0.1, 0.15) is 32.8 Å². The Labute approximate surface area is 143 Å². The summed E-state index contributed by atoms with van der Waals surface area (Å²) in [5.74, 6) is -2.16. The van der Waals surface area contributed by atoms with Crippen LogP contribution in [0.5, 0.6) is 0 Å². The molecule has 25 heavy (non-hydrogen) atoms. The Morgan fingerprint density at radius 2 is 1.88 bits per heavy atom. The maximum atomic E-state index is 14.0. The summed E-state index contributed by atoms with van der Waals surface area (Å²) in [5.41, 5.74) is -1.23. The van der Waals surface area contributed by atoms with Gasteiger partial charge in [-0.1, -0.05) is 12.1 Å². The standard InChI is InChI=1S/C15H12F4N2O3S/c16-12(8-1-3-9(4-2-8)15(17,18)19)13(22)20-6-5-11-21-10(7-25-11)14(23)24/h1-4,7,12H,5-6H2,(H,20,22)(H,23,24). The minimum absolute atomic E-state index is 0.0203. The third-order valence-corrected chi connectivity index (χ3v) is 4.08. The number of rotatable bonds is 6. The molecule has 1 unspecified atom stereocenters. The molecule has 1 aromatic heterocycles. The number of amides is 1. The van der Waals surface area contributed by atoms with E-state index in [0.717, 1.165) is 23.5 Å². The zero-order valence-electron chi connectivity index (χ0n) is 12.5. The third-order valence-electron chi connectivity index (χ3n) is 3.17. The molecule has 0 saturated carbocycles. The predicted octanol–water partition coefficient (Wildman–Crippen LogP) is 3.23. The number of thiazole rings is 1. The summed E-state index contributed by atoms with van der Waals surface area (Å²) < 4.78 is 51.3. The molecule has 1 heterocycles. The van der Waals surface area contributed by atoms with Gasteiger partial charge in [0.15, 0.2) is 5.69 Å². The molecule has 0 aliphatic carbocycles. The highest BCUT2D eigenvalue weighted by molar-refractivity contribution is 7.09. The van der Waals surface area contributed by atoms with Crippen molar-refractivity contribution in [3.05, 3.63) is 51.5 Å². The van der Waals surface area contributed by atoms with Crippen molar-refractivity contribution in [1.82, 2.24) is 10.3 Å². The fourth-order valence-electron chi connectivity index (χ4n) is 1.90. The van der Waals surface area contributed by atoms with Crippen LogP contribution in [0.2, 0.25) is 0 Å². The highest BCUT2D eigenvalue weighted by Gasteiger charge is 2.30. The molecule has 0 bridgehead atoms. The summed E-state index contributed by atoms with van der Waals surface area (Å²) >= 11 is 1.09. The lowest BCUT2D eigenvalue weighted by Gasteiger charge is -2.11. The quantitative estimate of drug-likeness (QED) is 0.759. The molecule has 0 aliphatic heterocycles. The highest BCUT2D eigenvalue weighted by atomic mass is 32.1. The Morgan fingerprint density at radius 1 is 1.24 bits per heavy atom. The van der Waals surface area contributed by atoms with Crippen LogP contribution in [0.3, 0.4) is 0 Å². The molecule has 1 aromatic carbocycles. The molecule has 10 heteroatoms. The van der Waals surface area contributed by atoms with Crippen LogP contribution in [0.4, 0.5) is 17.6 Å². The van der Waals surface area contributed by atoms with Crippen molar-refractivity contribution in [2.24, 2.45) is 0 Å². The van der Waals surface area contributed by atoms with Crippen LogP contribution in [0.25, 0.3) is 0 Å². The third kappa shape index (κ3) is 4.99. The normalized spacial score (nSPS) is 12.6. The molecular formula is C15H12F4N2O3S. The van der Waals surface area contributed by atoms with E-state index < -0.39 is 29.8 Å². The van der Waals surface area contributed by atoms with Crippen LogP contribution in [-0.4, -0.2) is 28.5 Å². The van der Waals surface area contributed by atoms with E-state index in [0.29, 0.717) is 17.1 Å². The van der Waals surface area contributed by atoms with Crippen LogP contribution in [0.15, 0.2) is 29.6 Å². The summed E-state index contributed by atoms with van der Waals surface area (Å²) in [7, 11) is 0. The number of alkyl halides is 4. The molecule has 0 radical (unpaired) electrons. The lowest BCUT2D eigenvalue weighted by molar-refractivity contribution is -0.137. The number of carboxylic acids is 1. The van der Waals surface area contributed by atoms with E-state index in [1.54, 1.807) is 0 Å². The van der Waals surface area contributed by atoms with Gasteiger partial charge in [0.05, 0.1) is 10.6 Å². The monoisotopic (exact) mass is 376 g/mol. The van der Waals surface area contributed by atoms with Gasteiger partial charge in [0.1, 0.15) is 0 Å². The number of carbonyl (C=O) groups is 2. The van der Waals surface area contributed by atoms with Gasteiger partial charge >= 0.3 is 12.1 Å². The summed E-state index contributed by atoms with van der Waals surface area (Å²) in [5, 5.41) is 12.8. The number of nitrogens with one attached hydrogen (secondary N) is 1. The number of aromatic nitrogens is 1. The molecule has 0 fully saturated rings. The van der Waals surface area contributed by atoms with Crippen molar-refractivity contribution in [3.8, 4) is 0 Å². The minimum atomic E-state index is -4.53. The second-order valence-electron chi connectivity index (χ2n) is 4.95. The zero-order chi connectivity index (χ0) is 18.6. The average Bonchev–Trinajstić information content (AvgIpc) is 3.02. The molecule has 2 rings (SSSR count). The Bertz CT molecular complexity index is 759. The number of carboxylic acid groups (broad SMARTS) is 1. The van der Waals surface area contributed by atoms with Crippen molar-refractivity contribution >= 4 is 23.2 Å². The fourth-order valence-corrected chi connectivity index (χ4v) is 2.67. The predicted molar refractivity (Wildman–Crippen MR) is 81.1 cm³/mol. The van der Waals surface area contributed by atoms with Crippen molar-refractivity contribution in [2.75, 3.05) is 6.54 Å². The molecule has 0 aliphatic rings. The number of hydrogen-bond acceptors (Lipinski definition) is 4. The van der Waals surface area contributed by atoms with Crippen molar-refractivity contribution < 1.29 is 32.3 Å². The first-order valence-corrected chi connectivity index (χ1v) is 7.83. The van der Waals surface area contributed by atoms with Gasteiger partial charge in [-0.05, 0) is 17.7 Å². The largest absolute Gasteiger partial charge is 0.476 e. The fraction of sp³-hybridized carbons (Fsp3) is 0.267. The van der Waals surface area contributed by atoms with Gasteiger partial charge in [-0.3, -0.25) is 4.79 Å². The molecule has 1 atom stereocenters. The maximum Gasteiger partial charge on any atom is 0.416 e. The Morgan fingerprint density at radius 3 is 2.40 bits per heavy atom. The van der Waals surface area contributed by atoms with Gasteiger partial charge in [-0.25, -0.2) is 14.2 Å². The number of nitrogens with zero attached hydrogens (tertiary/aromatic N) is 1. The van der Waals surface area contributed by atoms with E-state index in [2.05, 4.69) is 10.3 Å². The van der Waals surface area contributed by atoms with E-state index in [1.165, 1.54) is 5.38 Å². The average molecular weight is 376 g/mol. The Hall–Kier alpha value is -2.49. The molecule has 2 aromatic rings. The summed E-state index contributed by atoms with van der Waals surface area (Å²) in [6, 6.07) is 3.23. The lowest BCUT2D eigenvalue weighted by atomic mass is 10.1. The molecule has 2 N–H and O–H groups in total. The first-order valence-electron chi connectivity index (χ1n) is 6.95. The maximum absolute atomic E-state index is 14.0. The molecule has 1 amide bonds. The lowest BCUT2D eigenvalue weighted by Crippen LogP contribution is -2.29. The second kappa shape index (κ2) is 7.60. The second-order valence-corrected chi connectivity index (χ2v) is 5.90. The van der Waals surface area contributed by atoms with Crippen molar-refractivity contribution in [2.45, 2.75) is 18.8 Å². The molecular weight excluding hydrogens is 364 g/mol. The zero-order valence-corrected chi connectivity index (χ0v) is 13.3. The number of carbonyl (C=O) groups excluding carboxylic acids is 1. The van der Waals surface area contributed by atoms with E-state index in [-0.39, 0.29) is 24.2 Å². The van der Waals surface area contributed by atoms with Gasteiger partial charge in [0.25, 0.3) is 5.91 Å². The van der Waals surface area contributed by atoms with Gasteiger partial charge in [0, 0.05) is 18.3 Å². The van der Waals surface area contributed by atoms with E-state index in [4.69, 9.17) is 5.11 Å². The Balaban J connectivity index is 1.88.